The Morgan fingerprint density at radius 1 is 1.29 bits per heavy atom. The molecule has 2 aromatic rings. The van der Waals surface area contributed by atoms with Crippen molar-refractivity contribution in [3.63, 3.8) is 0 Å². The molecule has 0 radical (unpaired) electrons. The Bertz CT molecular complexity index is 1040. The van der Waals surface area contributed by atoms with Crippen molar-refractivity contribution in [3.8, 4) is 0 Å². The SMILES string of the molecule is CCOC(=O)c1cnc(CC(=O)N2CC3(CCN(C(=O)OC)C3)c3cc(Cl)ccc32)s1. The number of esters is 1. The summed E-state index contributed by atoms with van der Waals surface area (Å²) in [6, 6.07) is 5.49. The third kappa shape index (κ3) is 3.99. The molecular formula is C21H22ClN3O5S. The number of amides is 2. The van der Waals surface area contributed by atoms with Crippen molar-refractivity contribution in [2.75, 3.05) is 38.3 Å². The zero-order valence-corrected chi connectivity index (χ0v) is 18.8. The van der Waals surface area contributed by atoms with Gasteiger partial charge in [-0.2, -0.15) is 0 Å². The molecule has 164 valence electrons. The normalized spacial score (nSPS) is 19.6. The molecule has 0 aliphatic carbocycles. The highest BCUT2D eigenvalue weighted by molar-refractivity contribution is 7.13. The molecule has 2 amide bonds. The Hall–Kier alpha value is -2.65. The molecule has 2 aliphatic heterocycles. The molecule has 1 spiro atoms. The molecule has 3 heterocycles. The number of benzene rings is 1. The van der Waals surface area contributed by atoms with Crippen LogP contribution in [0.5, 0.6) is 0 Å². The molecule has 4 rings (SSSR count). The first-order valence-corrected chi connectivity index (χ1v) is 11.1. The number of carbonyl (C=O) groups excluding carboxylic acids is 3. The highest BCUT2D eigenvalue weighted by Crippen LogP contribution is 2.47. The van der Waals surface area contributed by atoms with Crippen molar-refractivity contribution >= 4 is 46.6 Å². The van der Waals surface area contributed by atoms with E-state index in [-0.39, 0.29) is 30.4 Å². The van der Waals surface area contributed by atoms with E-state index in [1.807, 2.05) is 12.1 Å². The monoisotopic (exact) mass is 463 g/mol. The van der Waals surface area contributed by atoms with Crippen LogP contribution in [0.25, 0.3) is 0 Å². The van der Waals surface area contributed by atoms with Crippen molar-refractivity contribution in [2.24, 2.45) is 0 Å². The second-order valence-electron chi connectivity index (χ2n) is 7.58. The number of fused-ring (bicyclic) bond motifs is 2. The van der Waals surface area contributed by atoms with E-state index in [1.165, 1.54) is 13.3 Å². The van der Waals surface area contributed by atoms with Crippen LogP contribution in [-0.4, -0.2) is 61.2 Å². The lowest BCUT2D eigenvalue weighted by atomic mass is 9.81. The van der Waals surface area contributed by atoms with Gasteiger partial charge in [0.25, 0.3) is 0 Å². The van der Waals surface area contributed by atoms with Gasteiger partial charge in [0, 0.05) is 35.8 Å². The zero-order chi connectivity index (χ0) is 22.2. The van der Waals surface area contributed by atoms with Crippen molar-refractivity contribution in [1.82, 2.24) is 9.88 Å². The fourth-order valence-corrected chi connectivity index (χ4v) is 5.26. The molecule has 0 N–H and O–H groups in total. The molecule has 1 fully saturated rings. The number of aromatic nitrogens is 1. The molecule has 1 aromatic carbocycles. The van der Waals surface area contributed by atoms with E-state index in [9.17, 15) is 14.4 Å². The fraction of sp³-hybridized carbons (Fsp3) is 0.429. The molecule has 8 nitrogen and oxygen atoms in total. The van der Waals surface area contributed by atoms with E-state index in [0.29, 0.717) is 41.0 Å². The number of rotatable bonds is 4. The van der Waals surface area contributed by atoms with Crippen LogP contribution in [0.2, 0.25) is 5.02 Å². The molecule has 1 unspecified atom stereocenters. The van der Waals surface area contributed by atoms with Crippen LogP contribution in [0.4, 0.5) is 10.5 Å². The number of ether oxygens (including phenoxy) is 2. The van der Waals surface area contributed by atoms with Crippen molar-refractivity contribution in [3.05, 3.63) is 44.9 Å². The van der Waals surface area contributed by atoms with Crippen molar-refractivity contribution < 1.29 is 23.9 Å². The minimum Gasteiger partial charge on any atom is -0.462 e. The molecule has 10 heteroatoms. The Balaban J connectivity index is 1.57. The maximum Gasteiger partial charge on any atom is 0.409 e. The van der Waals surface area contributed by atoms with E-state index in [2.05, 4.69) is 4.98 Å². The molecule has 1 aromatic heterocycles. The number of anilines is 1. The number of carbonyl (C=O) groups is 3. The highest BCUT2D eigenvalue weighted by atomic mass is 35.5. The van der Waals surface area contributed by atoms with Gasteiger partial charge in [0.05, 0.1) is 26.3 Å². The van der Waals surface area contributed by atoms with Crippen molar-refractivity contribution in [2.45, 2.75) is 25.2 Å². The third-order valence-corrected chi connectivity index (χ3v) is 6.91. The Labute approximate surface area is 188 Å². The summed E-state index contributed by atoms with van der Waals surface area (Å²) in [5.41, 5.74) is 1.37. The minimum absolute atomic E-state index is 0.0724. The number of methoxy groups -OCH3 is 1. The molecule has 0 saturated carbocycles. The zero-order valence-electron chi connectivity index (χ0n) is 17.2. The lowest BCUT2D eigenvalue weighted by Crippen LogP contribution is -2.40. The van der Waals surface area contributed by atoms with Crippen LogP contribution < -0.4 is 4.90 Å². The first kappa shape index (κ1) is 21.6. The fourth-order valence-electron chi connectivity index (χ4n) is 4.28. The number of hydrogen-bond acceptors (Lipinski definition) is 7. The van der Waals surface area contributed by atoms with Crippen LogP contribution in [-0.2, 0) is 26.1 Å². The van der Waals surface area contributed by atoms with E-state index >= 15 is 0 Å². The Kier molecular flexibility index (Phi) is 5.90. The Morgan fingerprint density at radius 3 is 2.84 bits per heavy atom. The molecule has 0 bridgehead atoms. The van der Waals surface area contributed by atoms with Gasteiger partial charge in [-0.25, -0.2) is 14.6 Å². The van der Waals surface area contributed by atoms with Gasteiger partial charge >= 0.3 is 12.1 Å². The van der Waals surface area contributed by atoms with Gasteiger partial charge in [0.15, 0.2) is 0 Å². The lowest BCUT2D eigenvalue weighted by molar-refractivity contribution is -0.118. The number of hydrogen-bond donors (Lipinski definition) is 0. The standard InChI is InChI=1S/C21H22ClN3O5S/c1-3-30-19(27)16-10-23-17(31-16)9-18(26)25-12-21(6-7-24(11-21)20(28)29-2)14-8-13(22)4-5-15(14)25/h4-5,8,10H,3,6-7,9,11-12H2,1-2H3. The molecule has 1 saturated heterocycles. The van der Waals surface area contributed by atoms with Crippen LogP contribution in [0.15, 0.2) is 24.4 Å². The average molecular weight is 464 g/mol. The van der Waals surface area contributed by atoms with Gasteiger partial charge in [-0.15, -0.1) is 11.3 Å². The van der Waals surface area contributed by atoms with E-state index in [0.717, 1.165) is 22.6 Å². The summed E-state index contributed by atoms with van der Waals surface area (Å²) >= 11 is 7.42. The molecule has 1 atom stereocenters. The van der Waals surface area contributed by atoms with Crippen LogP contribution in [0.1, 0.15) is 33.6 Å². The van der Waals surface area contributed by atoms with Crippen LogP contribution in [0.3, 0.4) is 0 Å². The van der Waals surface area contributed by atoms with Crippen LogP contribution in [0, 0.1) is 0 Å². The summed E-state index contributed by atoms with van der Waals surface area (Å²) in [5, 5.41) is 1.13. The average Bonchev–Trinajstić information content (AvgIpc) is 3.46. The Morgan fingerprint density at radius 2 is 2.10 bits per heavy atom. The predicted octanol–water partition coefficient (Wildman–Crippen LogP) is 3.27. The minimum atomic E-state index is -0.437. The summed E-state index contributed by atoms with van der Waals surface area (Å²) in [5.74, 6) is -0.561. The van der Waals surface area contributed by atoms with Crippen LogP contribution >= 0.6 is 22.9 Å². The summed E-state index contributed by atoms with van der Waals surface area (Å²) in [6.07, 6.45) is 1.85. The van der Waals surface area contributed by atoms with E-state index in [1.54, 1.807) is 22.8 Å². The maximum atomic E-state index is 13.2. The second kappa shape index (κ2) is 8.47. The first-order chi connectivity index (χ1) is 14.9. The van der Waals surface area contributed by atoms with Gasteiger partial charge in [0.2, 0.25) is 5.91 Å². The van der Waals surface area contributed by atoms with Gasteiger partial charge in [-0.05, 0) is 37.1 Å². The quantitative estimate of drug-likeness (QED) is 0.646. The summed E-state index contributed by atoms with van der Waals surface area (Å²) in [6.45, 7) is 3.48. The van der Waals surface area contributed by atoms with Crippen molar-refractivity contribution in [1.29, 1.82) is 0 Å². The van der Waals surface area contributed by atoms with Gasteiger partial charge in [-0.3, -0.25) is 4.79 Å². The predicted molar refractivity (Wildman–Crippen MR) is 116 cm³/mol. The summed E-state index contributed by atoms with van der Waals surface area (Å²) < 4.78 is 9.86. The number of likely N-dealkylation sites (tertiary alicyclic amines) is 1. The topological polar surface area (TPSA) is 89.0 Å². The smallest absolute Gasteiger partial charge is 0.409 e. The first-order valence-electron chi connectivity index (χ1n) is 9.92. The molecule has 2 aliphatic rings. The number of nitrogens with zero attached hydrogens (tertiary/aromatic N) is 3. The van der Waals surface area contributed by atoms with Gasteiger partial charge in [-0.1, -0.05) is 11.6 Å². The number of thiazole rings is 1. The third-order valence-electron chi connectivity index (χ3n) is 5.70. The van der Waals surface area contributed by atoms with E-state index in [4.69, 9.17) is 21.1 Å². The number of halogens is 1. The molecule has 31 heavy (non-hydrogen) atoms. The lowest BCUT2D eigenvalue weighted by Gasteiger charge is -2.25. The largest absolute Gasteiger partial charge is 0.462 e. The molecular weight excluding hydrogens is 442 g/mol. The maximum absolute atomic E-state index is 13.2. The van der Waals surface area contributed by atoms with Gasteiger partial charge < -0.3 is 19.3 Å². The highest BCUT2D eigenvalue weighted by Gasteiger charge is 2.50. The second-order valence-corrected chi connectivity index (χ2v) is 9.13. The summed E-state index contributed by atoms with van der Waals surface area (Å²) in [7, 11) is 1.36. The van der Waals surface area contributed by atoms with E-state index < -0.39 is 5.97 Å². The van der Waals surface area contributed by atoms with Gasteiger partial charge in [0.1, 0.15) is 9.88 Å². The summed E-state index contributed by atoms with van der Waals surface area (Å²) in [4.78, 5) is 45.1.